The lowest BCUT2D eigenvalue weighted by atomic mass is 10.0. The molecule has 0 aliphatic carbocycles. The minimum absolute atomic E-state index is 0.659. The fourth-order valence-electron chi connectivity index (χ4n) is 1.17. The summed E-state index contributed by atoms with van der Waals surface area (Å²) in [6.07, 6.45) is 7.91. The molecule has 0 aliphatic heterocycles. The molecular formula is C19H30. The third kappa shape index (κ3) is 14.4. The predicted octanol–water partition coefficient (Wildman–Crippen LogP) is 6.53. The van der Waals surface area contributed by atoms with Crippen LogP contribution in [0, 0.1) is 0 Å². The van der Waals surface area contributed by atoms with Crippen LogP contribution in [0.5, 0.6) is 0 Å². The van der Waals surface area contributed by atoms with Crippen molar-refractivity contribution in [1.82, 2.24) is 0 Å². The van der Waals surface area contributed by atoms with E-state index in [4.69, 9.17) is 0 Å². The highest BCUT2D eigenvalue weighted by atomic mass is 14.0. The lowest BCUT2D eigenvalue weighted by molar-refractivity contribution is 0.867. The van der Waals surface area contributed by atoms with Gasteiger partial charge in [0.25, 0.3) is 0 Å². The second-order valence-electron chi connectivity index (χ2n) is 4.30. The van der Waals surface area contributed by atoms with Gasteiger partial charge in [0, 0.05) is 0 Å². The van der Waals surface area contributed by atoms with E-state index < -0.39 is 0 Å². The van der Waals surface area contributed by atoms with Crippen LogP contribution in [-0.4, -0.2) is 0 Å². The van der Waals surface area contributed by atoms with Crippen LogP contribution in [-0.2, 0) is 0 Å². The highest BCUT2D eigenvalue weighted by Gasteiger charge is 1.93. The average molecular weight is 258 g/mol. The molecule has 1 rings (SSSR count). The maximum Gasteiger partial charge on any atom is -0.0219 e. The summed E-state index contributed by atoms with van der Waals surface area (Å²) in [5.41, 5.74) is 2.50. The molecule has 0 saturated carbocycles. The van der Waals surface area contributed by atoms with Crippen LogP contribution in [0.4, 0.5) is 0 Å². The topological polar surface area (TPSA) is 0 Å². The van der Waals surface area contributed by atoms with Crippen molar-refractivity contribution in [2.24, 2.45) is 0 Å². The maximum absolute atomic E-state index is 3.71. The molecule has 1 aromatic carbocycles. The normalized spacial score (nSPS) is 9.84. The maximum atomic E-state index is 3.71. The lowest BCUT2D eigenvalue weighted by Gasteiger charge is -2.01. The van der Waals surface area contributed by atoms with Gasteiger partial charge in [-0.3, -0.25) is 0 Å². The first kappa shape index (κ1) is 19.8. The second-order valence-corrected chi connectivity index (χ2v) is 4.30. The zero-order valence-corrected chi connectivity index (χ0v) is 13.5. The summed E-state index contributed by atoms with van der Waals surface area (Å²) < 4.78 is 0. The van der Waals surface area contributed by atoms with E-state index in [1.165, 1.54) is 5.56 Å². The second kappa shape index (κ2) is 14.5. The quantitative estimate of drug-likeness (QED) is 0.541. The Morgan fingerprint density at radius 2 is 1.58 bits per heavy atom. The molecule has 0 radical (unpaired) electrons. The van der Waals surface area contributed by atoms with Crippen molar-refractivity contribution in [2.75, 3.05) is 0 Å². The molecule has 106 valence electrons. The van der Waals surface area contributed by atoms with E-state index in [0.29, 0.717) is 5.92 Å². The smallest absolute Gasteiger partial charge is 0.0219 e. The van der Waals surface area contributed by atoms with Crippen molar-refractivity contribution < 1.29 is 0 Å². The number of hydrogen-bond acceptors (Lipinski definition) is 0. The van der Waals surface area contributed by atoms with Crippen LogP contribution in [0.15, 0.2) is 66.8 Å². The van der Waals surface area contributed by atoms with E-state index in [9.17, 15) is 0 Å². The molecule has 0 aliphatic rings. The van der Waals surface area contributed by atoms with Gasteiger partial charge in [0.2, 0.25) is 0 Å². The van der Waals surface area contributed by atoms with Crippen molar-refractivity contribution in [3.8, 4) is 0 Å². The Labute approximate surface area is 120 Å². The van der Waals surface area contributed by atoms with E-state index >= 15 is 0 Å². The molecule has 0 nitrogen and oxygen atoms in total. The van der Waals surface area contributed by atoms with Gasteiger partial charge in [-0.15, -0.1) is 0 Å². The fourth-order valence-corrected chi connectivity index (χ4v) is 1.17. The molecule has 0 amide bonds. The molecule has 0 N–H and O–H groups in total. The Morgan fingerprint density at radius 3 is 1.89 bits per heavy atom. The third-order valence-electron chi connectivity index (χ3n) is 2.15. The van der Waals surface area contributed by atoms with Gasteiger partial charge in [0.1, 0.15) is 0 Å². The molecular weight excluding hydrogens is 228 g/mol. The molecule has 0 saturated heterocycles. The summed E-state index contributed by atoms with van der Waals surface area (Å²) in [7, 11) is 0. The van der Waals surface area contributed by atoms with E-state index in [1.54, 1.807) is 0 Å². The molecule has 19 heavy (non-hydrogen) atoms. The summed E-state index contributed by atoms with van der Waals surface area (Å²) in [5.74, 6) is 0.659. The molecule has 0 heteroatoms. The zero-order valence-electron chi connectivity index (χ0n) is 13.5. The first-order valence-corrected chi connectivity index (χ1v) is 7.07. The molecule has 0 bridgehead atoms. The monoisotopic (exact) mass is 258 g/mol. The summed E-state index contributed by atoms with van der Waals surface area (Å²) in [4.78, 5) is 0. The lowest BCUT2D eigenvalue weighted by Crippen LogP contribution is -1.83. The summed E-state index contributed by atoms with van der Waals surface area (Å²) in [5, 5.41) is 0. The van der Waals surface area contributed by atoms with Crippen LogP contribution in [0.2, 0.25) is 0 Å². The Hall–Kier alpha value is -1.56. The van der Waals surface area contributed by atoms with Crippen molar-refractivity contribution in [3.63, 3.8) is 0 Å². The van der Waals surface area contributed by atoms with Gasteiger partial charge in [-0.1, -0.05) is 94.5 Å². The molecule has 0 heterocycles. The van der Waals surface area contributed by atoms with Gasteiger partial charge >= 0.3 is 0 Å². The SMILES string of the molecule is C=C(C)/C=C\C=C/C.CC.CC(C)c1ccccc1. The predicted molar refractivity (Wildman–Crippen MR) is 90.6 cm³/mol. The van der Waals surface area contributed by atoms with Crippen molar-refractivity contribution >= 4 is 0 Å². The molecule has 0 aromatic heterocycles. The van der Waals surface area contributed by atoms with Gasteiger partial charge < -0.3 is 0 Å². The van der Waals surface area contributed by atoms with Crippen molar-refractivity contribution in [2.45, 2.75) is 47.5 Å². The Balaban J connectivity index is 0. The first-order valence-electron chi connectivity index (χ1n) is 7.07. The Kier molecular flexibility index (Phi) is 15.1. The molecule has 0 unspecified atom stereocenters. The van der Waals surface area contributed by atoms with Crippen LogP contribution in [0.3, 0.4) is 0 Å². The highest BCUT2D eigenvalue weighted by Crippen LogP contribution is 2.11. The van der Waals surface area contributed by atoms with Gasteiger partial charge in [0.05, 0.1) is 0 Å². The first-order chi connectivity index (χ1) is 9.07. The minimum Gasteiger partial charge on any atom is -0.0961 e. The molecule has 0 spiro atoms. The Morgan fingerprint density at radius 1 is 1.05 bits per heavy atom. The van der Waals surface area contributed by atoms with Gasteiger partial charge in [0.15, 0.2) is 0 Å². The van der Waals surface area contributed by atoms with Gasteiger partial charge in [-0.25, -0.2) is 0 Å². The summed E-state index contributed by atoms with van der Waals surface area (Å²) >= 11 is 0. The highest BCUT2D eigenvalue weighted by molar-refractivity contribution is 5.17. The fraction of sp³-hybridized carbons (Fsp3) is 0.368. The minimum atomic E-state index is 0.659. The van der Waals surface area contributed by atoms with Crippen molar-refractivity contribution in [3.05, 3.63) is 72.4 Å². The van der Waals surface area contributed by atoms with Crippen LogP contribution < -0.4 is 0 Å². The van der Waals surface area contributed by atoms with E-state index in [-0.39, 0.29) is 0 Å². The van der Waals surface area contributed by atoms with Crippen LogP contribution >= 0.6 is 0 Å². The summed E-state index contributed by atoms with van der Waals surface area (Å²) in [6, 6.07) is 10.5. The number of hydrogen-bond donors (Lipinski definition) is 0. The van der Waals surface area contributed by atoms with Crippen LogP contribution in [0.1, 0.15) is 53.0 Å². The number of benzene rings is 1. The van der Waals surface area contributed by atoms with Crippen LogP contribution in [0.25, 0.3) is 0 Å². The largest absolute Gasteiger partial charge is 0.0961 e. The molecule has 1 aromatic rings. The van der Waals surface area contributed by atoms with Gasteiger partial charge in [-0.2, -0.15) is 0 Å². The van der Waals surface area contributed by atoms with E-state index in [2.05, 4.69) is 44.7 Å². The van der Waals surface area contributed by atoms with E-state index in [1.807, 2.05) is 58.1 Å². The number of rotatable bonds is 3. The molecule has 0 atom stereocenters. The molecule has 0 fully saturated rings. The summed E-state index contributed by atoms with van der Waals surface area (Å²) in [6.45, 7) is 16.1. The van der Waals surface area contributed by atoms with E-state index in [0.717, 1.165) is 5.57 Å². The zero-order chi connectivity index (χ0) is 15.1. The average Bonchev–Trinajstić information content (AvgIpc) is 2.43. The standard InChI is InChI=1S/C9H12.C8H12.C2H6/c1-8(2)9-6-4-3-5-7-9;1-4-5-6-7-8(2)3;1-2/h3-8H,1-2H3;4-7H,2H2,1,3H3;1-2H3/b;5-4-,7-6-;. The van der Waals surface area contributed by atoms with Crippen molar-refractivity contribution in [1.29, 1.82) is 0 Å². The Bertz CT molecular complexity index is 353. The number of allylic oxidation sites excluding steroid dienone is 5. The van der Waals surface area contributed by atoms with Gasteiger partial charge in [-0.05, 0) is 25.3 Å². The third-order valence-corrected chi connectivity index (χ3v) is 2.15.